The largest absolute Gasteiger partial charge is 0.346 e. The number of carbonyl (C=O) groups excluding carboxylic acids is 1. The molecule has 1 atom stereocenters. The predicted octanol–water partition coefficient (Wildman–Crippen LogP) is 4.60. The lowest BCUT2D eigenvalue weighted by Gasteiger charge is -2.15. The van der Waals surface area contributed by atoms with Gasteiger partial charge in [-0.3, -0.25) is 9.52 Å². The molecule has 0 bridgehead atoms. The lowest BCUT2D eigenvalue weighted by molar-refractivity contribution is 0.0940. The van der Waals surface area contributed by atoms with Crippen LogP contribution in [0.5, 0.6) is 0 Å². The van der Waals surface area contributed by atoms with Gasteiger partial charge in [0.15, 0.2) is 0 Å². The van der Waals surface area contributed by atoms with Gasteiger partial charge < -0.3 is 5.32 Å². The van der Waals surface area contributed by atoms with Crippen molar-refractivity contribution >= 4 is 21.6 Å². The van der Waals surface area contributed by atoms with E-state index in [2.05, 4.69) is 10.0 Å². The van der Waals surface area contributed by atoms with Crippen molar-refractivity contribution in [3.8, 4) is 0 Å². The van der Waals surface area contributed by atoms with Crippen LogP contribution in [0, 0.1) is 13.8 Å². The van der Waals surface area contributed by atoms with Crippen molar-refractivity contribution in [1.29, 1.82) is 0 Å². The zero-order valence-corrected chi connectivity index (χ0v) is 17.5. The first-order chi connectivity index (χ1) is 13.8. The zero-order valence-electron chi connectivity index (χ0n) is 16.6. The Morgan fingerprint density at radius 2 is 1.55 bits per heavy atom. The molecule has 0 unspecified atom stereocenters. The number of benzene rings is 3. The SMILES string of the molecule is Cc1ccc(C)c(S(=O)(=O)Nc2ccc(C(=O)N[C@@H](C)c3ccccc3)cc2)c1. The van der Waals surface area contributed by atoms with Crippen LogP contribution in [-0.4, -0.2) is 14.3 Å². The van der Waals surface area contributed by atoms with Gasteiger partial charge in [-0.2, -0.15) is 0 Å². The maximum Gasteiger partial charge on any atom is 0.262 e. The van der Waals surface area contributed by atoms with Gasteiger partial charge >= 0.3 is 0 Å². The average Bonchev–Trinajstić information content (AvgIpc) is 2.70. The molecule has 150 valence electrons. The Morgan fingerprint density at radius 3 is 2.21 bits per heavy atom. The molecule has 3 rings (SSSR count). The first-order valence-electron chi connectivity index (χ1n) is 9.32. The lowest BCUT2D eigenvalue weighted by atomic mass is 10.1. The number of nitrogens with one attached hydrogen (secondary N) is 2. The molecular formula is C23H24N2O3S. The van der Waals surface area contributed by atoms with Crippen LogP contribution in [0.4, 0.5) is 5.69 Å². The second-order valence-electron chi connectivity index (χ2n) is 7.06. The third kappa shape index (κ3) is 5.03. The minimum Gasteiger partial charge on any atom is -0.346 e. The molecular weight excluding hydrogens is 384 g/mol. The number of hydrogen-bond donors (Lipinski definition) is 2. The van der Waals surface area contributed by atoms with Crippen molar-refractivity contribution < 1.29 is 13.2 Å². The van der Waals surface area contributed by atoms with E-state index in [0.717, 1.165) is 11.1 Å². The highest BCUT2D eigenvalue weighted by Gasteiger charge is 2.17. The molecule has 6 heteroatoms. The normalized spacial score (nSPS) is 12.2. The van der Waals surface area contributed by atoms with Crippen molar-refractivity contribution in [3.63, 3.8) is 0 Å². The Labute approximate surface area is 171 Å². The minimum absolute atomic E-state index is 0.133. The molecule has 2 N–H and O–H groups in total. The summed E-state index contributed by atoms with van der Waals surface area (Å²) in [6.45, 7) is 5.53. The molecule has 1 amide bonds. The summed E-state index contributed by atoms with van der Waals surface area (Å²) in [4.78, 5) is 12.7. The highest BCUT2D eigenvalue weighted by molar-refractivity contribution is 7.92. The summed E-state index contributed by atoms with van der Waals surface area (Å²) in [5.74, 6) is -0.217. The average molecular weight is 409 g/mol. The second-order valence-corrected chi connectivity index (χ2v) is 8.71. The van der Waals surface area contributed by atoms with Gasteiger partial charge in [-0.15, -0.1) is 0 Å². The van der Waals surface area contributed by atoms with Crippen LogP contribution in [-0.2, 0) is 10.0 Å². The van der Waals surface area contributed by atoms with E-state index < -0.39 is 10.0 Å². The van der Waals surface area contributed by atoms with E-state index in [1.165, 1.54) is 0 Å². The molecule has 0 heterocycles. The van der Waals surface area contributed by atoms with Gasteiger partial charge in [0.2, 0.25) is 0 Å². The van der Waals surface area contributed by atoms with E-state index in [9.17, 15) is 13.2 Å². The van der Waals surface area contributed by atoms with Crippen LogP contribution < -0.4 is 10.0 Å². The summed E-state index contributed by atoms with van der Waals surface area (Å²) in [6.07, 6.45) is 0. The molecule has 29 heavy (non-hydrogen) atoms. The Morgan fingerprint density at radius 1 is 0.897 bits per heavy atom. The third-order valence-electron chi connectivity index (χ3n) is 4.68. The van der Waals surface area contributed by atoms with Crippen molar-refractivity contribution in [2.24, 2.45) is 0 Å². The molecule has 0 spiro atoms. The molecule has 3 aromatic carbocycles. The van der Waals surface area contributed by atoms with Crippen molar-refractivity contribution in [3.05, 3.63) is 95.1 Å². The molecule has 0 radical (unpaired) electrons. The number of sulfonamides is 1. The van der Waals surface area contributed by atoms with Crippen LogP contribution in [0.3, 0.4) is 0 Å². The maximum atomic E-state index is 12.7. The Kier molecular flexibility index (Phi) is 6.03. The standard InChI is InChI=1S/C23H24N2O3S/c1-16-9-10-17(2)22(15-16)29(27,28)25-21-13-11-20(12-14-21)23(26)24-18(3)19-7-5-4-6-8-19/h4-15,18,25H,1-3H3,(H,24,26)/t18-/m0/s1. The molecule has 3 aromatic rings. The van der Waals surface area contributed by atoms with Crippen LogP contribution >= 0.6 is 0 Å². The zero-order chi connectivity index (χ0) is 21.0. The van der Waals surface area contributed by atoms with E-state index in [1.54, 1.807) is 43.3 Å². The van der Waals surface area contributed by atoms with E-state index in [0.29, 0.717) is 16.8 Å². The fourth-order valence-corrected chi connectivity index (χ4v) is 4.39. The molecule has 0 aromatic heterocycles. The monoisotopic (exact) mass is 408 g/mol. The number of hydrogen-bond acceptors (Lipinski definition) is 3. The quantitative estimate of drug-likeness (QED) is 0.626. The molecule has 0 fully saturated rings. The minimum atomic E-state index is -3.71. The van der Waals surface area contributed by atoms with Crippen molar-refractivity contribution in [1.82, 2.24) is 5.32 Å². The van der Waals surface area contributed by atoms with Gasteiger partial charge in [-0.25, -0.2) is 8.42 Å². The summed E-state index contributed by atoms with van der Waals surface area (Å²) < 4.78 is 28.0. The van der Waals surface area contributed by atoms with Crippen LogP contribution in [0.25, 0.3) is 0 Å². The van der Waals surface area contributed by atoms with E-state index >= 15 is 0 Å². The number of anilines is 1. The van der Waals surface area contributed by atoms with E-state index in [4.69, 9.17) is 0 Å². The van der Waals surface area contributed by atoms with E-state index in [1.807, 2.05) is 50.2 Å². The first-order valence-corrected chi connectivity index (χ1v) is 10.8. The Bertz CT molecular complexity index is 1110. The summed E-state index contributed by atoms with van der Waals surface area (Å²) in [5.41, 5.74) is 3.42. The maximum absolute atomic E-state index is 12.7. The van der Waals surface area contributed by atoms with Gasteiger partial charge in [0, 0.05) is 11.3 Å². The van der Waals surface area contributed by atoms with Crippen LogP contribution in [0.2, 0.25) is 0 Å². The van der Waals surface area contributed by atoms with Crippen LogP contribution in [0.15, 0.2) is 77.7 Å². The summed E-state index contributed by atoms with van der Waals surface area (Å²) >= 11 is 0. The van der Waals surface area contributed by atoms with E-state index in [-0.39, 0.29) is 16.8 Å². The predicted molar refractivity (Wildman–Crippen MR) is 115 cm³/mol. The third-order valence-corrected chi connectivity index (χ3v) is 6.20. The van der Waals surface area contributed by atoms with Gasteiger partial charge in [0.25, 0.3) is 15.9 Å². The van der Waals surface area contributed by atoms with Gasteiger partial charge in [-0.05, 0) is 67.8 Å². The number of carbonyl (C=O) groups is 1. The fraction of sp³-hybridized carbons (Fsp3) is 0.174. The lowest BCUT2D eigenvalue weighted by Crippen LogP contribution is -2.26. The van der Waals surface area contributed by atoms with Crippen molar-refractivity contribution in [2.45, 2.75) is 31.7 Å². The fourth-order valence-electron chi connectivity index (χ4n) is 3.00. The molecule has 0 saturated heterocycles. The van der Waals surface area contributed by atoms with Gasteiger partial charge in [0.05, 0.1) is 10.9 Å². The Hall–Kier alpha value is -3.12. The highest BCUT2D eigenvalue weighted by atomic mass is 32.2. The molecule has 0 aliphatic carbocycles. The van der Waals surface area contributed by atoms with Gasteiger partial charge in [0.1, 0.15) is 0 Å². The van der Waals surface area contributed by atoms with Crippen LogP contribution in [0.1, 0.15) is 40.0 Å². The first kappa shape index (κ1) is 20.6. The molecule has 5 nitrogen and oxygen atoms in total. The summed E-state index contributed by atoms with van der Waals surface area (Å²) in [6, 6.07) is 21.2. The Balaban J connectivity index is 1.71. The topological polar surface area (TPSA) is 75.3 Å². The highest BCUT2D eigenvalue weighted by Crippen LogP contribution is 2.21. The smallest absolute Gasteiger partial charge is 0.262 e. The number of rotatable bonds is 6. The van der Waals surface area contributed by atoms with Crippen molar-refractivity contribution in [2.75, 3.05) is 4.72 Å². The molecule has 0 aliphatic heterocycles. The molecule has 0 saturated carbocycles. The summed E-state index contributed by atoms with van der Waals surface area (Å²) in [5, 5.41) is 2.94. The summed E-state index contributed by atoms with van der Waals surface area (Å²) in [7, 11) is -3.71. The second kappa shape index (κ2) is 8.49. The number of aryl methyl sites for hydroxylation is 2. The number of amides is 1. The van der Waals surface area contributed by atoms with Gasteiger partial charge in [-0.1, -0.05) is 42.5 Å². The molecule has 0 aliphatic rings.